The number of carboxylic acids is 1. The number of aromatic nitrogens is 1. The van der Waals surface area contributed by atoms with E-state index < -0.39 is 23.6 Å². The van der Waals surface area contributed by atoms with Gasteiger partial charge >= 0.3 is 12.0 Å². The second-order valence-corrected chi connectivity index (χ2v) is 8.05. The fourth-order valence-electron chi connectivity index (χ4n) is 3.84. The van der Waals surface area contributed by atoms with E-state index in [-0.39, 0.29) is 17.9 Å². The van der Waals surface area contributed by atoms with E-state index in [1.54, 1.807) is 13.0 Å². The number of nitrogens with one attached hydrogen (secondary N) is 2. The molecule has 8 nitrogen and oxygen atoms in total. The highest BCUT2D eigenvalue weighted by Crippen LogP contribution is 2.30. The highest BCUT2D eigenvalue weighted by molar-refractivity contribution is 5.91. The molecule has 1 heterocycles. The molecule has 33 heavy (non-hydrogen) atoms. The Morgan fingerprint density at radius 3 is 2.30 bits per heavy atom. The Bertz CT molecular complexity index is 1260. The van der Waals surface area contributed by atoms with Gasteiger partial charge in [0.15, 0.2) is 5.69 Å². The Labute approximate surface area is 191 Å². The van der Waals surface area contributed by atoms with Gasteiger partial charge in [-0.25, -0.2) is 4.79 Å². The molecule has 1 unspecified atom stereocenters. The van der Waals surface area contributed by atoms with Crippen molar-refractivity contribution in [1.82, 2.24) is 9.88 Å². The number of nitrogens with zero attached hydrogens (tertiary/aromatic N) is 1. The van der Waals surface area contributed by atoms with Gasteiger partial charge < -0.3 is 25.4 Å². The number of amides is 2. The molecule has 0 spiro atoms. The van der Waals surface area contributed by atoms with Crippen LogP contribution in [-0.4, -0.2) is 26.8 Å². The first kappa shape index (κ1) is 23.6. The van der Waals surface area contributed by atoms with Crippen molar-refractivity contribution in [3.05, 3.63) is 81.3 Å². The summed E-state index contributed by atoms with van der Waals surface area (Å²) in [5, 5.41) is 24.5. The number of aromatic hydroxyl groups is 1. The van der Waals surface area contributed by atoms with Crippen LogP contribution >= 0.6 is 0 Å². The Morgan fingerprint density at radius 1 is 1.03 bits per heavy atom. The average Bonchev–Trinajstić information content (AvgIpc) is 2.74. The summed E-state index contributed by atoms with van der Waals surface area (Å²) in [6.07, 6.45) is -0.360. The molecule has 0 bridgehead atoms. The molecule has 4 N–H and O–H groups in total. The predicted molar refractivity (Wildman–Crippen MR) is 127 cm³/mol. The van der Waals surface area contributed by atoms with Crippen molar-refractivity contribution in [2.45, 2.75) is 33.2 Å². The standard InChI is InChI=1S/C25H27N3O5/c1-14-7-5-8-15(2)22(14)18-10-6-9-17(12-18)19(13-21(30)31)26-25(33)27-23-20(29)11-16(3)28(4)24(23)32/h5-12,19,29H,13H2,1-4H3,(H,30,31)(H2,26,27,33). The lowest BCUT2D eigenvalue weighted by molar-refractivity contribution is -0.137. The van der Waals surface area contributed by atoms with Crippen LogP contribution in [0.2, 0.25) is 0 Å². The number of aliphatic carboxylic acids is 1. The van der Waals surface area contributed by atoms with Gasteiger partial charge in [0.1, 0.15) is 5.75 Å². The minimum absolute atomic E-state index is 0.279. The van der Waals surface area contributed by atoms with Crippen molar-refractivity contribution >= 4 is 17.7 Å². The molecule has 3 rings (SSSR count). The van der Waals surface area contributed by atoms with Crippen LogP contribution in [-0.2, 0) is 11.8 Å². The molecule has 2 aromatic carbocycles. The van der Waals surface area contributed by atoms with Crippen LogP contribution < -0.4 is 16.2 Å². The SMILES string of the molecule is Cc1cccc(C)c1-c1cccc(C(CC(=O)O)NC(=O)Nc2c(O)cc(C)n(C)c2=O)c1. The van der Waals surface area contributed by atoms with Crippen molar-refractivity contribution < 1.29 is 19.8 Å². The molecule has 3 aromatic rings. The number of hydrogen-bond acceptors (Lipinski definition) is 4. The topological polar surface area (TPSA) is 121 Å². The van der Waals surface area contributed by atoms with E-state index >= 15 is 0 Å². The monoisotopic (exact) mass is 449 g/mol. The highest BCUT2D eigenvalue weighted by Gasteiger charge is 2.21. The average molecular weight is 450 g/mol. The number of benzene rings is 2. The first-order valence-electron chi connectivity index (χ1n) is 10.4. The summed E-state index contributed by atoms with van der Waals surface area (Å²) < 4.78 is 1.29. The first-order valence-corrected chi connectivity index (χ1v) is 10.4. The summed E-state index contributed by atoms with van der Waals surface area (Å²) in [4.78, 5) is 36.6. The van der Waals surface area contributed by atoms with Gasteiger partial charge in [0.05, 0.1) is 12.5 Å². The number of anilines is 1. The van der Waals surface area contributed by atoms with Crippen LogP contribution in [0.5, 0.6) is 5.75 Å². The molecule has 8 heteroatoms. The van der Waals surface area contributed by atoms with Crippen molar-refractivity contribution in [3.8, 4) is 16.9 Å². The maximum Gasteiger partial charge on any atom is 0.319 e. The molecule has 0 saturated heterocycles. The normalized spacial score (nSPS) is 11.6. The molecule has 0 radical (unpaired) electrons. The summed E-state index contributed by atoms with van der Waals surface area (Å²) in [7, 11) is 1.52. The van der Waals surface area contributed by atoms with Gasteiger partial charge in [0.25, 0.3) is 5.56 Å². The highest BCUT2D eigenvalue weighted by atomic mass is 16.4. The molecular weight excluding hydrogens is 422 g/mol. The Balaban J connectivity index is 1.92. The Morgan fingerprint density at radius 2 is 1.67 bits per heavy atom. The van der Waals surface area contributed by atoms with Crippen molar-refractivity contribution in [2.75, 3.05) is 5.32 Å². The number of urea groups is 1. The number of carbonyl (C=O) groups is 2. The second-order valence-electron chi connectivity index (χ2n) is 8.05. The first-order chi connectivity index (χ1) is 15.6. The molecule has 2 amide bonds. The third-order valence-electron chi connectivity index (χ3n) is 5.63. The smallest absolute Gasteiger partial charge is 0.319 e. The molecule has 172 valence electrons. The number of rotatable bonds is 6. The van der Waals surface area contributed by atoms with Crippen LogP contribution in [0.3, 0.4) is 0 Å². The Hall–Kier alpha value is -4.07. The predicted octanol–water partition coefficient (Wildman–Crippen LogP) is 4.02. The number of carboxylic acid groups (broad SMARTS) is 1. The molecule has 1 atom stereocenters. The zero-order chi connectivity index (χ0) is 24.3. The van der Waals surface area contributed by atoms with E-state index in [1.807, 2.05) is 50.2 Å². The van der Waals surface area contributed by atoms with Gasteiger partial charge in [0.2, 0.25) is 0 Å². The summed E-state index contributed by atoms with van der Waals surface area (Å²) >= 11 is 0. The lowest BCUT2D eigenvalue weighted by Crippen LogP contribution is -2.36. The lowest BCUT2D eigenvalue weighted by atomic mass is 9.93. The number of carbonyl (C=O) groups excluding carboxylic acids is 1. The van der Waals surface area contributed by atoms with Crippen molar-refractivity contribution in [2.24, 2.45) is 7.05 Å². The van der Waals surface area contributed by atoms with Gasteiger partial charge in [-0.15, -0.1) is 0 Å². The van der Waals surface area contributed by atoms with Gasteiger partial charge in [-0.05, 0) is 54.7 Å². The third-order valence-corrected chi connectivity index (χ3v) is 5.63. The molecule has 0 fully saturated rings. The minimum atomic E-state index is -1.09. The summed E-state index contributed by atoms with van der Waals surface area (Å²) in [6, 6.07) is 13.0. The van der Waals surface area contributed by atoms with E-state index in [9.17, 15) is 24.6 Å². The summed E-state index contributed by atoms with van der Waals surface area (Å²) in [5.74, 6) is -1.45. The van der Waals surface area contributed by atoms with E-state index in [2.05, 4.69) is 10.6 Å². The van der Waals surface area contributed by atoms with Crippen molar-refractivity contribution in [1.29, 1.82) is 0 Å². The molecule has 0 saturated carbocycles. The largest absolute Gasteiger partial charge is 0.505 e. The molecule has 0 aliphatic carbocycles. The minimum Gasteiger partial charge on any atom is -0.505 e. The summed E-state index contributed by atoms with van der Waals surface area (Å²) in [5.41, 5.74) is 4.39. The molecule has 0 aliphatic rings. The number of aryl methyl sites for hydroxylation is 3. The van der Waals surface area contributed by atoms with Crippen molar-refractivity contribution in [3.63, 3.8) is 0 Å². The van der Waals surface area contributed by atoms with Gasteiger partial charge in [-0.2, -0.15) is 0 Å². The fourth-order valence-corrected chi connectivity index (χ4v) is 3.84. The summed E-state index contributed by atoms with van der Waals surface area (Å²) in [6.45, 7) is 5.66. The van der Waals surface area contributed by atoms with Gasteiger partial charge in [-0.1, -0.05) is 36.4 Å². The molecule has 0 aliphatic heterocycles. The third kappa shape index (κ3) is 5.23. The quantitative estimate of drug-likeness (QED) is 0.453. The van der Waals surface area contributed by atoms with E-state index in [1.165, 1.54) is 17.7 Å². The van der Waals surface area contributed by atoms with Gasteiger partial charge in [0, 0.05) is 18.8 Å². The van der Waals surface area contributed by atoms with Crippen LogP contribution in [0.25, 0.3) is 11.1 Å². The molecule has 1 aromatic heterocycles. The van der Waals surface area contributed by atoms with Crippen LogP contribution in [0.4, 0.5) is 10.5 Å². The zero-order valence-corrected chi connectivity index (χ0v) is 19.0. The van der Waals surface area contributed by atoms with Crippen LogP contribution in [0.15, 0.2) is 53.3 Å². The van der Waals surface area contributed by atoms with E-state index in [4.69, 9.17) is 0 Å². The Kier molecular flexibility index (Phi) is 6.86. The molecular formula is C25H27N3O5. The maximum absolute atomic E-state index is 12.7. The van der Waals surface area contributed by atoms with Crippen LogP contribution in [0.1, 0.15) is 34.8 Å². The number of hydrogen-bond donors (Lipinski definition) is 4. The van der Waals surface area contributed by atoms with Gasteiger partial charge in [-0.3, -0.25) is 9.59 Å². The van der Waals surface area contributed by atoms with E-state index in [0.717, 1.165) is 22.3 Å². The fraction of sp³-hybridized carbons (Fsp3) is 0.240. The van der Waals surface area contributed by atoms with E-state index in [0.29, 0.717) is 11.3 Å². The lowest BCUT2D eigenvalue weighted by Gasteiger charge is -2.20. The van der Waals surface area contributed by atoms with Crippen LogP contribution in [0, 0.1) is 20.8 Å². The maximum atomic E-state index is 12.7. The number of pyridine rings is 1. The zero-order valence-electron chi connectivity index (χ0n) is 19.0. The second kappa shape index (κ2) is 9.60.